The molecule has 3 rings (SSSR count). The summed E-state index contributed by atoms with van der Waals surface area (Å²) in [6.45, 7) is 8.91. The first-order chi connectivity index (χ1) is 12.6. The Labute approximate surface area is 158 Å². The van der Waals surface area contributed by atoms with E-state index in [1.807, 2.05) is 12.1 Å². The number of benzene rings is 1. The molecular formula is C22H35N3O. The van der Waals surface area contributed by atoms with Gasteiger partial charge < -0.3 is 10.2 Å². The maximum absolute atomic E-state index is 12.3. The predicted octanol–water partition coefficient (Wildman–Crippen LogP) is 3.38. The Kier molecular flexibility index (Phi) is 7.09. The molecule has 0 spiro atoms. The zero-order chi connectivity index (χ0) is 18.4. The zero-order valence-electron chi connectivity index (χ0n) is 16.5. The molecule has 2 fully saturated rings. The monoisotopic (exact) mass is 357 g/mol. The Bertz CT molecular complexity index is 555. The van der Waals surface area contributed by atoms with Crippen molar-refractivity contribution >= 4 is 5.91 Å². The van der Waals surface area contributed by atoms with Gasteiger partial charge in [0.1, 0.15) is 0 Å². The van der Waals surface area contributed by atoms with Crippen LogP contribution in [0.25, 0.3) is 0 Å². The highest BCUT2D eigenvalue weighted by molar-refractivity contribution is 5.94. The normalized spacial score (nSPS) is 21.0. The molecule has 4 heteroatoms. The summed E-state index contributed by atoms with van der Waals surface area (Å²) in [6, 6.07) is 8.19. The van der Waals surface area contributed by atoms with Gasteiger partial charge in [-0.3, -0.25) is 9.69 Å². The van der Waals surface area contributed by atoms with Crippen LogP contribution >= 0.6 is 0 Å². The van der Waals surface area contributed by atoms with Gasteiger partial charge in [0, 0.05) is 18.7 Å². The predicted molar refractivity (Wildman–Crippen MR) is 107 cm³/mol. The Balaban J connectivity index is 1.39. The van der Waals surface area contributed by atoms with Crippen LogP contribution in [0.3, 0.4) is 0 Å². The minimum Gasteiger partial charge on any atom is -0.352 e. The summed E-state index contributed by atoms with van der Waals surface area (Å²) >= 11 is 0. The van der Waals surface area contributed by atoms with Crippen LogP contribution in [0.4, 0.5) is 0 Å². The molecule has 0 atom stereocenters. The van der Waals surface area contributed by atoms with Gasteiger partial charge in [0.2, 0.25) is 0 Å². The van der Waals surface area contributed by atoms with Crippen molar-refractivity contribution in [1.29, 1.82) is 0 Å². The van der Waals surface area contributed by atoms with Gasteiger partial charge in [0.15, 0.2) is 0 Å². The quantitative estimate of drug-likeness (QED) is 0.848. The van der Waals surface area contributed by atoms with E-state index in [0.717, 1.165) is 36.9 Å². The van der Waals surface area contributed by atoms with E-state index in [-0.39, 0.29) is 5.91 Å². The van der Waals surface area contributed by atoms with Crippen molar-refractivity contribution in [3.8, 4) is 0 Å². The third-order valence-electron chi connectivity index (χ3n) is 6.17. The smallest absolute Gasteiger partial charge is 0.251 e. The van der Waals surface area contributed by atoms with Crippen LogP contribution in [-0.2, 0) is 6.54 Å². The van der Waals surface area contributed by atoms with Crippen molar-refractivity contribution in [2.75, 3.05) is 39.8 Å². The van der Waals surface area contributed by atoms with Crippen molar-refractivity contribution in [1.82, 2.24) is 15.1 Å². The fraction of sp³-hybridized carbons (Fsp3) is 0.682. The van der Waals surface area contributed by atoms with Crippen LogP contribution in [0.2, 0.25) is 0 Å². The highest BCUT2D eigenvalue weighted by Crippen LogP contribution is 2.19. The molecule has 0 bridgehead atoms. The Hall–Kier alpha value is -1.39. The van der Waals surface area contributed by atoms with Crippen molar-refractivity contribution < 1.29 is 4.79 Å². The van der Waals surface area contributed by atoms with Crippen LogP contribution in [0.1, 0.15) is 54.9 Å². The lowest BCUT2D eigenvalue weighted by Crippen LogP contribution is -2.33. The molecule has 1 aromatic carbocycles. The molecule has 4 nitrogen and oxygen atoms in total. The van der Waals surface area contributed by atoms with Gasteiger partial charge in [-0.15, -0.1) is 0 Å². The molecule has 2 saturated heterocycles. The molecule has 26 heavy (non-hydrogen) atoms. The standard InChI is InChI=1S/C22H35N3O/c1-18-8-15-25(16-9-18)17-20-3-5-21(6-4-20)22(26)23-12-7-19-10-13-24(2)14-11-19/h3-6,18-19H,7-17H2,1-2H3,(H,23,26). The van der Waals surface area contributed by atoms with Gasteiger partial charge in [0.25, 0.3) is 5.91 Å². The minimum atomic E-state index is 0.0660. The first-order valence-corrected chi connectivity index (χ1v) is 10.4. The largest absolute Gasteiger partial charge is 0.352 e. The fourth-order valence-electron chi connectivity index (χ4n) is 4.08. The second-order valence-corrected chi connectivity index (χ2v) is 8.45. The van der Waals surface area contributed by atoms with E-state index in [2.05, 4.69) is 41.2 Å². The van der Waals surface area contributed by atoms with Crippen LogP contribution in [-0.4, -0.2) is 55.5 Å². The molecular weight excluding hydrogens is 322 g/mol. The van der Waals surface area contributed by atoms with E-state index in [1.165, 1.54) is 57.4 Å². The molecule has 1 amide bonds. The third kappa shape index (κ3) is 5.82. The summed E-state index contributed by atoms with van der Waals surface area (Å²) in [7, 11) is 2.19. The highest BCUT2D eigenvalue weighted by Gasteiger charge is 2.17. The number of nitrogens with zero attached hydrogens (tertiary/aromatic N) is 2. The topological polar surface area (TPSA) is 35.6 Å². The Morgan fingerprint density at radius 2 is 1.69 bits per heavy atom. The zero-order valence-corrected chi connectivity index (χ0v) is 16.5. The molecule has 2 aliphatic rings. The second-order valence-electron chi connectivity index (χ2n) is 8.45. The lowest BCUT2D eigenvalue weighted by Gasteiger charge is -2.30. The van der Waals surface area contributed by atoms with Crippen molar-refractivity contribution in [3.05, 3.63) is 35.4 Å². The SMILES string of the molecule is CC1CCN(Cc2ccc(C(=O)NCCC3CCN(C)CC3)cc2)CC1. The van der Waals surface area contributed by atoms with Crippen molar-refractivity contribution in [3.63, 3.8) is 0 Å². The summed E-state index contributed by atoms with van der Waals surface area (Å²) in [5.74, 6) is 1.70. The van der Waals surface area contributed by atoms with E-state index >= 15 is 0 Å². The molecule has 0 radical (unpaired) electrons. The summed E-state index contributed by atoms with van der Waals surface area (Å²) in [4.78, 5) is 17.3. The fourth-order valence-corrected chi connectivity index (χ4v) is 4.08. The van der Waals surface area contributed by atoms with Crippen LogP contribution in [0.15, 0.2) is 24.3 Å². The molecule has 0 saturated carbocycles. The molecule has 144 valence electrons. The van der Waals surface area contributed by atoms with Gasteiger partial charge in [-0.1, -0.05) is 19.1 Å². The number of likely N-dealkylation sites (tertiary alicyclic amines) is 2. The van der Waals surface area contributed by atoms with Gasteiger partial charge in [-0.25, -0.2) is 0 Å². The average Bonchev–Trinajstić information content (AvgIpc) is 2.66. The summed E-state index contributed by atoms with van der Waals surface area (Å²) in [5, 5.41) is 3.10. The van der Waals surface area contributed by atoms with E-state index in [4.69, 9.17) is 0 Å². The number of hydrogen-bond acceptors (Lipinski definition) is 3. The van der Waals surface area contributed by atoms with E-state index in [0.29, 0.717) is 0 Å². The van der Waals surface area contributed by atoms with Gasteiger partial charge >= 0.3 is 0 Å². The number of rotatable bonds is 6. The van der Waals surface area contributed by atoms with E-state index in [1.54, 1.807) is 0 Å². The first-order valence-electron chi connectivity index (χ1n) is 10.4. The number of amides is 1. The molecule has 1 aromatic rings. The maximum Gasteiger partial charge on any atom is 0.251 e. The molecule has 2 heterocycles. The second kappa shape index (κ2) is 9.52. The number of nitrogens with one attached hydrogen (secondary N) is 1. The number of hydrogen-bond donors (Lipinski definition) is 1. The van der Waals surface area contributed by atoms with E-state index < -0.39 is 0 Å². The van der Waals surface area contributed by atoms with E-state index in [9.17, 15) is 4.79 Å². The van der Waals surface area contributed by atoms with Crippen molar-refractivity contribution in [2.45, 2.75) is 45.6 Å². The summed E-state index contributed by atoms with van der Waals surface area (Å²) in [6.07, 6.45) is 6.23. The lowest BCUT2D eigenvalue weighted by molar-refractivity contribution is 0.0949. The van der Waals surface area contributed by atoms with Crippen LogP contribution in [0, 0.1) is 11.8 Å². The lowest BCUT2D eigenvalue weighted by atomic mass is 9.94. The summed E-state index contributed by atoms with van der Waals surface area (Å²) < 4.78 is 0. The van der Waals surface area contributed by atoms with Gasteiger partial charge in [0.05, 0.1) is 0 Å². The molecule has 1 N–H and O–H groups in total. The van der Waals surface area contributed by atoms with Crippen molar-refractivity contribution in [2.24, 2.45) is 11.8 Å². The molecule has 2 aliphatic heterocycles. The maximum atomic E-state index is 12.3. The molecule has 0 unspecified atom stereocenters. The number of carbonyl (C=O) groups excluding carboxylic acids is 1. The summed E-state index contributed by atoms with van der Waals surface area (Å²) in [5.41, 5.74) is 2.09. The van der Waals surface area contributed by atoms with Gasteiger partial charge in [-0.2, -0.15) is 0 Å². The molecule has 0 aliphatic carbocycles. The van der Waals surface area contributed by atoms with Gasteiger partial charge in [-0.05, 0) is 94.9 Å². The Morgan fingerprint density at radius 3 is 2.35 bits per heavy atom. The highest BCUT2D eigenvalue weighted by atomic mass is 16.1. The number of piperidine rings is 2. The third-order valence-corrected chi connectivity index (χ3v) is 6.17. The minimum absolute atomic E-state index is 0.0660. The average molecular weight is 358 g/mol. The van der Waals surface area contributed by atoms with Crippen LogP contribution < -0.4 is 5.32 Å². The van der Waals surface area contributed by atoms with Crippen LogP contribution in [0.5, 0.6) is 0 Å². The number of carbonyl (C=O) groups is 1. The Morgan fingerprint density at radius 1 is 1.04 bits per heavy atom. The molecule has 0 aromatic heterocycles. The first kappa shape index (κ1) is 19.4.